The van der Waals surface area contributed by atoms with Crippen molar-refractivity contribution in [1.29, 1.82) is 0 Å². The largest absolute Gasteiger partial charge is 0.491 e. The zero-order valence-corrected chi connectivity index (χ0v) is 12.9. The average Bonchev–Trinajstić information content (AvgIpc) is 2.43. The molecule has 20 heavy (non-hydrogen) atoms. The second kappa shape index (κ2) is 7.09. The first kappa shape index (κ1) is 15.3. The molecule has 1 aliphatic rings. The fourth-order valence-corrected chi connectivity index (χ4v) is 2.86. The van der Waals surface area contributed by atoms with Gasteiger partial charge in [-0.05, 0) is 50.9 Å². The van der Waals surface area contributed by atoms with E-state index < -0.39 is 0 Å². The maximum absolute atomic E-state index is 10.2. The van der Waals surface area contributed by atoms with E-state index in [1.54, 1.807) is 0 Å². The third kappa shape index (κ3) is 4.22. The van der Waals surface area contributed by atoms with Gasteiger partial charge in [0.15, 0.2) is 0 Å². The van der Waals surface area contributed by atoms with Crippen LogP contribution in [0.5, 0.6) is 5.75 Å². The summed E-state index contributed by atoms with van der Waals surface area (Å²) in [5.74, 6) is 1.27. The molecule has 0 spiro atoms. The summed E-state index contributed by atoms with van der Waals surface area (Å²) in [6, 6.07) is 8.30. The lowest BCUT2D eigenvalue weighted by Gasteiger charge is -2.35. The van der Waals surface area contributed by atoms with E-state index in [9.17, 15) is 5.11 Å². The summed E-state index contributed by atoms with van der Waals surface area (Å²) in [4.78, 5) is 2.42. The summed E-state index contributed by atoms with van der Waals surface area (Å²) in [6.07, 6.45) is 1.88. The first-order chi connectivity index (χ1) is 9.58. The number of likely N-dealkylation sites (tertiary alicyclic amines) is 1. The maximum atomic E-state index is 10.2. The summed E-state index contributed by atoms with van der Waals surface area (Å²) in [7, 11) is 0. The predicted octanol–water partition coefficient (Wildman–Crippen LogP) is 2.72. The Kier molecular flexibility index (Phi) is 5.44. The lowest BCUT2D eigenvalue weighted by molar-refractivity contribution is 0.0290. The number of benzene rings is 1. The highest BCUT2D eigenvalue weighted by Gasteiger charge is 2.26. The Bertz CT molecular complexity index is 402. The Morgan fingerprint density at radius 2 is 2.00 bits per heavy atom. The van der Waals surface area contributed by atoms with Crippen molar-refractivity contribution >= 4 is 0 Å². The molecule has 0 bridgehead atoms. The van der Waals surface area contributed by atoms with Crippen molar-refractivity contribution in [1.82, 2.24) is 4.90 Å². The molecule has 2 unspecified atom stereocenters. The normalized spacial score (nSPS) is 24.1. The molecule has 1 aliphatic heterocycles. The van der Waals surface area contributed by atoms with E-state index in [0.717, 1.165) is 38.2 Å². The molecule has 1 heterocycles. The van der Waals surface area contributed by atoms with Crippen LogP contribution in [0.2, 0.25) is 0 Å². The van der Waals surface area contributed by atoms with Crippen molar-refractivity contribution in [2.45, 2.75) is 45.8 Å². The van der Waals surface area contributed by atoms with Gasteiger partial charge in [0.05, 0.1) is 12.2 Å². The van der Waals surface area contributed by atoms with Crippen LogP contribution in [-0.4, -0.2) is 41.8 Å². The number of ether oxygens (including phenoxy) is 1. The van der Waals surface area contributed by atoms with E-state index in [1.807, 2.05) is 26.0 Å². The zero-order chi connectivity index (χ0) is 14.5. The van der Waals surface area contributed by atoms with Gasteiger partial charge in [-0.15, -0.1) is 0 Å². The number of aliphatic hydroxyl groups excluding tert-OH is 1. The fraction of sp³-hybridized carbons (Fsp3) is 0.647. The summed E-state index contributed by atoms with van der Waals surface area (Å²) in [6.45, 7) is 9.35. The van der Waals surface area contributed by atoms with Crippen molar-refractivity contribution in [2.24, 2.45) is 5.92 Å². The van der Waals surface area contributed by atoms with Gasteiger partial charge in [-0.25, -0.2) is 0 Å². The smallest absolute Gasteiger partial charge is 0.119 e. The molecule has 2 rings (SSSR count). The molecule has 1 N–H and O–H groups in total. The molecular weight excluding hydrogens is 250 g/mol. The van der Waals surface area contributed by atoms with Crippen molar-refractivity contribution in [3.8, 4) is 5.75 Å². The Morgan fingerprint density at radius 3 is 2.60 bits per heavy atom. The number of hydrogen-bond donors (Lipinski definition) is 1. The molecule has 3 nitrogen and oxygen atoms in total. The van der Waals surface area contributed by atoms with Crippen LogP contribution in [0.3, 0.4) is 0 Å². The average molecular weight is 277 g/mol. The Balaban J connectivity index is 1.94. The number of nitrogens with zero attached hydrogens (tertiary/aromatic N) is 1. The topological polar surface area (TPSA) is 32.7 Å². The molecule has 1 aromatic carbocycles. The molecule has 1 saturated heterocycles. The molecule has 0 aliphatic carbocycles. The molecule has 0 radical (unpaired) electrons. The van der Waals surface area contributed by atoms with Gasteiger partial charge in [0, 0.05) is 19.0 Å². The molecule has 1 fully saturated rings. The van der Waals surface area contributed by atoms with Crippen LogP contribution in [-0.2, 0) is 6.42 Å². The molecule has 0 aromatic heterocycles. The third-order valence-electron chi connectivity index (χ3n) is 4.02. The van der Waals surface area contributed by atoms with E-state index in [2.05, 4.69) is 24.0 Å². The molecule has 1 aromatic rings. The number of hydrogen-bond acceptors (Lipinski definition) is 3. The second-order valence-corrected chi connectivity index (χ2v) is 6.02. The minimum absolute atomic E-state index is 0.163. The van der Waals surface area contributed by atoms with Crippen LogP contribution in [0.25, 0.3) is 0 Å². The molecular formula is C17H27NO2. The van der Waals surface area contributed by atoms with Crippen LogP contribution < -0.4 is 4.74 Å². The van der Waals surface area contributed by atoms with Crippen LogP contribution in [0, 0.1) is 5.92 Å². The lowest BCUT2D eigenvalue weighted by Crippen LogP contribution is -2.43. The zero-order valence-electron chi connectivity index (χ0n) is 12.9. The standard InChI is InChI=1S/C17H27NO2/c1-4-18-10-9-17(19)15(12-18)11-14-5-7-16(8-6-14)20-13(2)3/h5-8,13,15,17,19H,4,9-12H2,1-3H3. The molecule has 112 valence electrons. The highest BCUT2D eigenvalue weighted by molar-refractivity contribution is 5.27. The van der Waals surface area contributed by atoms with Gasteiger partial charge >= 0.3 is 0 Å². The predicted molar refractivity (Wildman–Crippen MR) is 82.1 cm³/mol. The lowest BCUT2D eigenvalue weighted by atomic mass is 9.89. The van der Waals surface area contributed by atoms with E-state index in [0.29, 0.717) is 5.92 Å². The quantitative estimate of drug-likeness (QED) is 0.898. The van der Waals surface area contributed by atoms with Gasteiger partial charge in [0.2, 0.25) is 0 Å². The van der Waals surface area contributed by atoms with Gasteiger partial charge < -0.3 is 14.7 Å². The monoisotopic (exact) mass is 277 g/mol. The third-order valence-corrected chi connectivity index (χ3v) is 4.02. The maximum Gasteiger partial charge on any atom is 0.119 e. The SMILES string of the molecule is CCN1CCC(O)C(Cc2ccc(OC(C)C)cc2)C1. The summed E-state index contributed by atoms with van der Waals surface area (Å²) in [5.41, 5.74) is 1.28. The van der Waals surface area contributed by atoms with E-state index in [-0.39, 0.29) is 12.2 Å². The van der Waals surface area contributed by atoms with Gasteiger partial charge in [0.1, 0.15) is 5.75 Å². The Hall–Kier alpha value is -1.06. The van der Waals surface area contributed by atoms with Crippen molar-refractivity contribution in [3.63, 3.8) is 0 Å². The fourth-order valence-electron chi connectivity index (χ4n) is 2.86. The van der Waals surface area contributed by atoms with Crippen LogP contribution in [0.4, 0.5) is 0 Å². The van der Waals surface area contributed by atoms with E-state index in [1.165, 1.54) is 5.56 Å². The number of aliphatic hydroxyl groups is 1. The first-order valence-electron chi connectivity index (χ1n) is 7.74. The van der Waals surface area contributed by atoms with Gasteiger partial charge in [0.25, 0.3) is 0 Å². The number of piperidine rings is 1. The Labute approximate surface area is 122 Å². The summed E-state index contributed by atoms with van der Waals surface area (Å²) in [5, 5.41) is 10.2. The minimum Gasteiger partial charge on any atom is -0.491 e. The van der Waals surface area contributed by atoms with Crippen molar-refractivity contribution in [2.75, 3.05) is 19.6 Å². The highest BCUT2D eigenvalue weighted by atomic mass is 16.5. The van der Waals surface area contributed by atoms with Crippen LogP contribution in [0.15, 0.2) is 24.3 Å². The molecule has 0 saturated carbocycles. The van der Waals surface area contributed by atoms with E-state index >= 15 is 0 Å². The minimum atomic E-state index is -0.163. The van der Waals surface area contributed by atoms with Crippen molar-refractivity contribution in [3.05, 3.63) is 29.8 Å². The second-order valence-electron chi connectivity index (χ2n) is 6.02. The van der Waals surface area contributed by atoms with Crippen LogP contribution in [0.1, 0.15) is 32.8 Å². The van der Waals surface area contributed by atoms with E-state index in [4.69, 9.17) is 4.74 Å². The molecule has 2 atom stereocenters. The van der Waals surface area contributed by atoms with Crippen molar-refractivity contribution < 1.29 is 9.84 Å². The summed E-state index contributed by atoms with van der Waals surface area (Å²) < 4.78 is 5.66. The summed E-state index contributed by atoms with van der Waals surface area (Å²) >= 11 is 0. The first-order valence-corrected chi connectivity index (χ1v) is 7.74. The van der Waals surface area contributed by atoms with Crippen LogP contribution >= 0.6 is 0 Å². The highest BCUT2D eigenvalue weighted by Crippen LogP contribution is 2.23. The molecule has 0 amide bonds. The Morgan fingerprint density at radius 1 is 1.30 bits per heavy atom. The number of rotatable bonds is 5. The molecule has 3 heteroatoms. The van der Waals surface area contributed by atoms with Gasteiger partial charge in [-0.2, -0.15) is 0 Å². The van der Waals surface area contributed by atoms with Gasteiger partial charge in [-0.3, -0.25) is 0 Å². The van der Waals surface area contributed by atoms with Gasteiger partial charge in [-0.1, -0.05) is 19.1 Å².